The Bertz CT molecular complexity index is 712. The molecule has 0 aliphatic rings. The molecule has 9 heteroatoms. The smallest absolute Gasteiger partial charge is 0.383 e. The summed E-state index contributed by atoms with van der Waals surface area (Å²) < 4.78 is 5.70. The zero-order valence-electron chi connectivity index (χ0n) is 11.7. The van der Waals surface area contributed by atoms with Gasteiger partial charge < -0.3 is 9.84 Å². The number of nitrogens with two attached hydrogens (primary N) is 1. The van der Waals surface area contributed by atoms with E-state index in [1.165, 1.54) is 12.1 Å². The van der Waals surface area contributed by atoms with Crippen LogP contribution in [0.5, 0.6) is 5.88 Å². The molecule has 0 saturated heterocycles. The molecule has 1 aromatic heterocycles. The highest BCUT2D eigenvalue weighted by Gasteiger charge is 2.28. The number of halogens is 1. The lowest BCUT2D eigenvalue weighted by atomic mass is 10.1. The number of carbonyl (C=O) groups excluding carboxylic acids is 2. The molecular formula is C13H13ClN4O4. The van der Waals surface area contributed by atoms with Crippen LogP contribution in [0.15, 0.2) is 24.3 Å². The fourth-order valence-corrected chi connectivity index (χ4v) is 1.91. The monoisotopic (exact) mass is 324 g/mol. The lowest BCUT2D eigenvalue weighted by Gasteiger charge is -2.03. The minimum atomic E-state index is -0.881. The number of ether oxygens (including phenoxy) is 1. The molecule has 0 bridgehead atoms. The topological polar surface area (TPSA) is 114 Å². The maximum absolute atomic E-state index is 12.2. The van der Waals surface area contributed by atoms with Crippen molar-refractivity contribution < 1.29 is 24.1 Å². The molecule has 2 rings (SSSR count). The van der Waals surface area contributed by atoms with Gasteiger partial charge in [-0.2, -0.15) is 0 Å². The summed E-state index contributed by atoms with van der Waals surface area (Å²) in [5.74, 6) is 3.28. The van der Waals surface area contributed by atoms with E-state index in [-0.39, 0.29) is 18.9 Å². The highest BCUT2D eigenvalue weighted by molar-refractivity contribution is 6.30. The van der Waals surface area contributed by atoms with Gasteiger partial charge in [-0.05, 0) is 36.0 Å². The average molecular weight is 325 g/mol. The highest BCUT2D eigenvalue weighted by Crippen LogP contribution is 2.11. The highest BCUT2D eigenvalue weighted by atomic mass is 35.5. The van der Waals surface area contributed by atoms with Crippen molar-refractivity contribution >= 4 is 23.4 Å². The molecule has 22 heavy (non-hydrogen) atoms. The van der Waals surface area contributed by atoms with Crippen LogP contribution >= 0.6 is 11.6 Å². The summed E-state index contributed by atoms with van der Waals surface area (Å²) in [6, 6.07) is 6.19. The molecule has 0 atom stereocenters. The van der Waals surface area contributed by atoms with E-state index in [2.05, 4.69) is 5.21 Å². The molecule has 116 valence electrons. The van der Waals surface area contributed by atoms with E-state index in [1.807, 2.05) is 0 Å². The number of carbonyl (C=O) groups is 2. The molecule has 0 amide bonds. The molecule has 0 aliphatic heterocycles. The Balaban J connectivity index is 2.29. The summed E-state index contributed by atoms with van der Waals surface area (Å²) in [5, 5.41) is 15.9. The Morgan fingerprint density at radius 2 is 2.05 bits per heavy atom. The summed E-state index contributed by atoms with van der Waals surface area (Å²) in [7, 11) is 0. The van der Waals surface area contributed by atoms with E-state index in [9.17, 15) is 14.7 Å². The van der Waals surface area contributed by atoms with Crippen molar-refractivity contribution in [1.29, 1.82) is 0 Å². The molecule has 2 aromatic rings. The minimum absolute atomic E-state index is 0.0825. The summed E-state index contributed by atoms with van der Waals surface area (Å²) in [4.78, 5) is 24.4. The van der Waals surface area contributed by atoms with Crippen molar-refractivity contribution in [3.63, 3.8) is 0 Å². The maximum atomic E-state index is 12.2. The lowest BCUT2D eigenvalue weighted by Crippen LogP contribution is -2.46. The largest absolute Gasteiger partial charge is 0.836 e. The average Bonchev–Trinajstić information content (AvgIpc) is 2.74. The number of esters is 1. The maximum Gasteiger partial charge on any atom is 0.383 e. The van der Waals surface area contributed by atoms with Gasteiger partial charge in [0.05, 0.1) is 6.61 Å². The number of nitrogen functional groups attached to an aromatic ring is 1. The van der Waals surface area contributed by atoms with Crippen molar-refractivity contribution in [2.45, 2.75) is 13.5 Å². The van der Waals surface area contributed by atoms with Crippen LogP contribution < -0.4 is 15.6 Å². The van der Waals surface area contributed by atoms with Crippen LogP contribution in [0.3, 0.4) is 0 Å². The number of hydrogen-bond acceptors (Lipinski definition) is 6. The Kier molecular flexibility index (Phi) is 4.62. The van der Waals surface area contributed by atoms with E-state index < -0.39 is 17.5 Å². The van der Waals surface area contributed by atoms with Gasteiger partial charge >= 0.3 is 5.97 Å². The van der Waals surface area contributed by atoms with Gasteiger partial charge in [-0.1, -0.05) is 11.6 Å². The Morgan fingerprint density at radius 3 is 2.64 bits per heavy atom. The first-order valence-electron chi connectivity index (χ1n) is 6.35. The second-order valence-electron chi connectivity index (χ2n) is 4.30. The number of Topliss-reactive ketones (excluding diaryl/α,β-unsaturated/α-hetero) is 1. The van der Waals surface area contributed by atoms with Crippen LogP contribution in [0, 0.1) is 0 Å². The van der Waals surface area contributed by atoms with Gasteiger partial charge in [0.2, 0.25) is 5.78 Å². The number of rotatable bonds is 5. The third-order valence-corrected chi connectivity index (χ3v) is 3.05. The molecule has 2 N–H and O–H groups in total. The summed E-state index contributed by atoms with van der Waals surface area (Å²) in [6.45, 7) is 1.35. The fraction of sp³-hybridized carbons (Fsp3) is 0.231. The minimum Gasteiger partial charge on any atom is -0.836 e. The third-order valence-electron chi connectivity index (χ3n) is 2.80. The van der Waals surface area contributed by atoms with Crippen LogP contribution in [-0.2, 0) is 11.3 Å². The molecule has 0 unspecified atom stereocenters. The van der Waals surface area contributed by atoms with Crippen molar-refractivity contribution in [3.05, 3.63) is 40.5 Å². The predicted octanol–water partition coefficient (Wildman–Crippen LogP) is -0.329. The molecule has 1 heterocycles. The van der Waals surface area contributed by atoms with Gasteiger partial charge in [-0.25, -0.2) is 10.6 Å². The van der Waals surface area contributed by atoms with Crippen LogP contribution in [0.2, 0.25) is 5.02 Å². The molecule has 0 aliphatic carbocycles. The number of hydrogen-bond donors (Lipinski definition) is 1. The van der Waals surface area contributed by atoms with Gasteiger partial charge in [0.15, 0.2) is 12.4 Å². The molecular weight excluding hydrogens is 312 g/mol. The first-order valence-corrected chi connectivity index (χ1v) is 6.73. The number of aromatic nitrogens is 3. The number of ketones is 1. The first kappa shape index (κ1) is 15.8. The van der Waals surface area contributed by atoms with Gasteiger partial charge in [0.1, 0.15) is 5.21 Å². The fourth-order valence-electron chi connectivity index (χ4n) is 1.79. The summed E-state index contributed by atoms with van der Waals surface area (Å²) in [6.07, 6.45) is 0. The van der Waals surface area contributed by atoms with Gasteiger partial charge in [0.25, 0.3) is 5.69 Å². The molecule has 0 radical (unpaired) electrons. The Hall–Kier alpha value is -2.61. The zero-order valence-corrected chi connectivity index (χ0v) is 12.4. The van der Waals surface area contributed by atoms with E-state index in [4.69, 9.17) is 22.2 Å². The van der Waals surface area contributed by atoms with Crippen LogP contribution in [0.1, 0.15) is 27.8 Å². The van der Waals surface area contributed by atoms with Crippen molar-refractivity contribution in [2.24, 2.45) is 0 Å². The zero-order chi connectivity index (χ0) is 16.3. The van der Waals surface area contributed by atoms with Crippen molar-refractivity contribution in [2.75, 3.05) is 12.4 Å². The Labute approximate surface area is 130 Å². The number of nitrogens with zero attached hydrogens (tertiary/aromatic N) is 3. The van der Waals surface area contributed by atoms with Gasteiger partial charge in [-0.15, -0.1) is 4.68 Å². The van der Waals surface area contributed by atoms with Crippen molar-refractivity contribution in [1.82, 2.24) is 10.0 Å². The van der Waals surface area contributed by atoms with E-state index in [1.54, 1.807) is 19.1 Å². The molecule has 0 fully saturated rings. The van der Waals surface area contributed by atoms with Gasteiger partial charge in [0, 0.05) is 10.6 Å². The molecule has 0 saturated carbocycles. The van der Waals surface area contributed by atoms with Gasteiger partial charge in [-0.3, -0.25) is 4.79 Å². The molecule has 0 spiro atoms. The molecule has 1 aromatic carbocycles. The summed E-state index contributed by atoms with van der Waals surface area (Å²) in [5.41, 5.74) is -0.0302. The Morgan fingerprint density at radius 1 is 1.41 bits per heavy atom. The first-order chi connectivity index (χ1) is 10.4. The van der Waals surface area contributed by atoms with Crippen molar-refractivity contribution in [3.8, 4) is 5.88 Å². The van der Waals surface area contributed by atoms with E-state index >= 15 is 0 Å². The lowest BCUT2D eigenvalue weighted by molar-refractivity contribution is -0.745. The molecule has 8 nitrogen and oxygen atoms in total. The van der Waals surface area contributed by atoms with Crippen LogP contribution in [0.25, 0.3) is 0 Å². The second-order valence-corrected chi connectivity index (χ2v) is 4.73. The third kappa shape index (κ3) is 3.17. The predicted molar refractivity (Wildman–Crippen MR) is 73.8 cm³/mol. The SMILES string of the molecule is CCOC(=O)c1c([O-])n(N)n[n+]1CC(=O)c1ccc(Cl)cc1. The van der Waals surface area contributed by atoms with E-state index in [0.29, 0.717) is 15.4 Å². The summed E-state index contributed by atoms with van der Waals surface area (Å²) >= 11 is 5.75. The van der Waals surface area contributed by atoms with Crippen LogP contribution in [-0.4, -0.2) is 28.4 Å². The quantitative estimate of drug-likeness (QED) is 0.348. The second kappa shape index (κ2) is 6.44. The normalized spacial score (nSPS) is 10.5. The van der Waals surface area contributed by atoms with E-state index in [0.717, 1.165) is 4.68 Å². The van der Waals surface area contributed by atoms with Crippen LogP contribution in [0.4, 0.5) is 0 Å². The standard InChI is InChI=1S/C13H13ClN4O4/c1-2-22-13(21)11-12(20)18(15)16-17(11)7-10(19)8-3-5-9(14)6-4-8/h3-6H,2,7H2,1H3,(H2-,15,16,20,21). The number of benzene rings is 1.